The van der Waals surface area contributed by atoms with Gasteiger partial charge in [-0.05, 0) is 28.7 Å². The van der Waals surface area contributed by atoms with Gasteiger partial charge < -0.3 is 10.5 Å². The second-order valence-corrected chi connectivity index (χ2v) is 4.19. The number of pyridine rings is 1. The van der Waals surface area contributed by atoms with E-state index in [-0.39, 0.29) is 9.13 Å². The molecule has 0 aliphatic heterocycles. The van der Waals surface area contributed by atoms with Crippen molar-refractivity contribution in [3.05, 3.63) is 20.9 Å². The second kappa shape index (κ2) is 5.07. The van der Waals surface area contributed by atoms with Crippen molar-refractivity contribution in [2.24, 2.45) is 5.73 Å². The molecular weight excluding hydrogens is 381 g/mol. The third-order valence-corrected chi connectivity index (χ3v) is 2.54. The van der Waals surface area contributed by atoms with E-state index in [1.807, 2.05) is 0 Å². The number of nitrogens with two attached hydrogens (primary N) is 1. The largest absolute Gasteiger partial charge is 0.574 e. The Labute approximate surface area is 110 Å². The summed E-state index contributed by atoms with van der Waals surface area (Å²) in [7, 11) is 0. The highest BCUT2D eigenvalue weighted by Crippen LogP contribution is 2.35. The van der Waals surface area contributed by atoms with Gasteiger partial charge in [0.1, 0.15) is 0 Å². The quantitative estimate of drug-likeness (QED) is 0.628. The highest BCUT2D eigenvalue weighted by atomic mass is 127. The van der Waals surface area contributed by atoms with Gasteiger partial charge in [0.05, 0.1) is 0 Å². The van der Waals surface area contributed by atoms with E-state index in [4.69, 9.17) is 5.73 Å². The molecule has 0 unspecified atom stereocenters. The fraction of sp³-hybridized carbons (Fsp3) is 0.375. The van der Waals surface area contributed by atoms with Gasteiger partial charge in [0.25, 0.3) is 0 Å². The fourth-order valence-corrected chi connectivity index (χ4v) is 1.86. The minimum Gasteiger partial charge on any atom is -0.388 e. The van der Waals surface area contributed by atoms with Crippen LogP contribution < -0.4 is 10.5 Å². The highest BCUT2D eigenvalue weighted by Gasteiger charge is 2.38. The van der Waals surface area contributed by atoms with Crippen molar-refractivity contribution >= 4 is 22.6 Å². The summed E-state index contributed by atoms with van der Waals surface area (Å²) in [5, 5.41) is 0. The van der Waals surface area contributed by atoms with Crippen LogP contribution in [-0.2, 0) is 12.7 Å². The summed E-state index contributed by atoms with van der Waals surface area (Å²) >= 11 is 1.31. The first-order valence-electron chi connectivity index (χ1n) is 4.27. The van der Waals surface area contributed by atoms with Crippen LogP contribution in [0.25, 0.3) is 0 Å². The Bertz CT molecular complexity index is 444. The van der Waals surface area contributed by atoms with Gasteiger partial charge in [0.15, 0.2) is 5.69 Å². The molecule has 2 N–H and O–H groups in total. The molecule has 1 aromatic rings. The molecule has 1 aromatic heterocycles. The number of aromatic nitrogens is 1. The first-order chi connectivity index (χ1) is 8.04. The summed E-state index contributed by atoms with van der Waals surface area (Å²) in [6.07, 6.45) is -10.0. The van der Waals surface area contributed by atoms with Crippen molar-refractivity contribution in [2.45, 2.75) is 19.1 Å². The fourth-order valence-electron chi connectivity index (χ4n) is 1.05. The van der Waals surface area contributed by atoms with Crippen LogP contribution in [0.4, 0.5) is 26.3 Å². The standard InChI is InChI=1S/C8H5F6IN2O/c9-7(10,11)5-4(15)1-3(2-16)6(17-5)18-8(12,13)14/h1H,2,16H2. The van der Waals surface area contributed by atoms with Crippen LogP contribution in [0, 0.1) is 3.57 Å². The molecule has 0 aromatic carbocycles. The normalized spacial score (nSPS) is 12.7. The molecular formula is C8H5F6IN2O. The Morgan fingerprint density at radius 1 is 1.22 bits per heavy atom. The van der Waals surface area contributed by atoms with Gasteiger partial charge in [-0.2, -0.15) is 13.2 Å². The van der Waals surface area contributed by atoms with Crippen molar-refractivity contribution in [1.82, 2.24) is 4.98 Å². The van der Waals surface area contributed by atoms with Crippen molar-refractivity contribution in [3.8, 4) is 5.88 Å². The smallest absolute Gasteiger partial charge is 0.388 e. The van der Waals surface area contributed by atoms with Gasteiger partial charge in [-0.1, -0.05) is 0 Å². The number of nitrogens with zero attached hydrogens (tertiary/aromatic N) is 1. The van der Waals surface area contributed by atoms with Crippen LogP contribution in [0.15, 0.2) is 6.07 Å². The molecule has 0 radical (unpaired) electrons. The molecule has 18 heavy (non-hydrogen) atoms. The van der Waals surface area contributed by atoms with E-state index in [9.17, 15) is 26.3 Å². The molecule has 0 atom stereocenters. The predicted molar refractivity (Wildman–Crippen MR) is 56.5 cm³/mol. The van der Waals surface area contributed by atoms with Gasteiger partial charge >= 0.3 is 12.5 Å². The number of hydrogen-bond donors (Lipinski definition) is 1. The van der Waals surface area contributed by atoms with Crippen molar-refractivity contribution in [1.29, 1.82) is 0 Å². The summed E-state index contributed by atoms with van der Waals surface area (Å²) in [5.74, 6) is -1.18. The van der Waals surface area contributed by atoms with E-state index in [2.05, 4.69) is 9.72 Å². The van der Waals surface area contributed by atoms with Crippen LogP contribution in [0.5, 0.6) is 5.88 Å². The summed E-state index contributed by atoms with van der Waals surface area (Å²) in [5.41, 5.74) is 3.42. The van der Waals surface area contributed by atoms with Crippen molar-refractivity contribution < 1.29 is 31.1 Å². The van der Waals surface area contributed by atoms with Crippen LogP contribution in [0.1, 0.15) is 11.3 Å². The summed E-state index contributed by atoms with van der Waals surface area (Å²) in [6.45, 7) is -0.424. The molecule has 0 saturated heterocycles. The number of ether oxygens (including phenoxy) is 1. The first kappa shape index (κ1) is 15.3. The Kier molecular flexibility index (Phi) is 4.30. The van der Waals surface area contributed by atoms with Crippen molar-refractivity contribution in [2.75, 3.05) is 0 Å². The molecule has 3 nitrogen and oxygen atoms in total. The third-order valence-electron chi connectivity index (χ3n) is 1.72. The maximum atomic E-state index is 12.5. The third kappa shape index (κ3) is 3.86. The Morgan fingerprint density at radius 2 is 1.78 bits per heavy atom. The summed E-state index contributed by atoms with van der Waals surface area (Å²) < 4.78 is 76.5. The van der Waals surface area contributed by atoms with E-state index in [1.165, 1.54) is 22.6 Å². The van der Waals surface area contributed by atoms with E-state index in [1.54, 1.807) is 0 Å². The van der Waals surface area contributed by atoms with E-state index >= 15 is 0 Å². The summed E-state index contributed by atoms with van der Waals surface area (Å²) in [6, 6.07) is 0.859. The zero-order chi connectivity index (χ0) is 14.1. The van der Waals surface area contributed by atoms with Gasteiger partial charge in [-0.3, -0.25) is 0 Å². The molecule has 1 rings (SSSR count). The number of hydrogen-bond acceptors (Lipinski definition) is 3. The average molecular weight is 386 g/mol. The molecule has 0 aliphatic rings. The number of rotatable bonds is 2. The van der Waals surface area contributed by atoms with E-state index in [0.29, 0.717) is 0 Å². The molecule has 10 heteroatoms. The van der Waals surface area contributed by atoms with Crippen LogP contribution >= 0.6 is 22.6 Å². The molecule has 0 aliphatic carbocycles. The monoisotopic (exact) mass is 386 g/mol. The van der Waals surface area contributed by atoms with Gasteiger partial charge in [-0.25, -0.2) is 4.98 Å². The Balaban J connectivity index is 3.31. The molecule has 0 fully saturated rings. The molecule has 0 amide bonds. The Morgan fingerprint density at radius 3 is 2.17 bits per heavy atom. The highest BCUT2D eigenvalue weighted by molar-refractivity contribution is 14.1. The predicted octanol–water partition coefficient (Wildman–Crippen LogP) is 3.06. The van der Waals surface area contributed by atoms with Crippen LogP contribution in [0.3, 0.4) is 0 Å². The lowest BCUT2D eigenvalue weighted by Gasteiger charge is -2.15. The van der Waals surface area contributed by atoms with E-state index in [0.717, 1.165) is 6.07 Å². The first-order valence-corrected chi connectivity index (χ1v) is 5.35. The average Bonchev–Trinajstić information content (AvgIpc) is 2.16. The van der Waals surface area contributed by atoms with Gasteiger partial charge in [0, 0.05) is 15.7 Å². The number of alkyl halides is 6. The van der Waals surface area contributed by atoms with Gasteiger partial charge in [0.2, 0.25) is 5.88 Å². The Hall–Kier alpha value is -0.780. The lowest BCUT2D eigenvalue weighted by molar-refractivity contribution is -0.276. The minimum atomic E-state index is -5.13. The maximum absolute atomic E-state index is 12.5. The van der Waals surface area contributed by atoms with Crippen molar-refractivity contribution in [3.63, 3.8) is 0 Å². The second-order valence-electron chi connectivity index (χ2n) is 3.03. The lowest BCUT2D eigenvalue weighted by Crippen LogP contribution is -2.22. The number of halogens is 7. The minimum absolute atomic E-state index is 0.260. The molecule has 0 saturated carbocycles. The molecule has 0 bridgehead atoms. The maximum Gasteiger partial charge on any atom is 0.574 e. The van der Waals surface area contributed by atoms with Crippen LogP contribution in [0.2, 0.25) is 0 Å². The van der Waals surface area contributed by atoms with E-state index < -0.39 is 30.7 Å². The molecule has 1 heterocycles. The summed E-state index contributed by atoms with van der Waals surface area (Å²) in [4.78, 5) is 2.84. The SMILES string of the molecule is NCc1cc(I)c(C(F)(F)F)nc1OC(F)(F)F. The van der Waals surface area contributed by atoms with Crippen LogP contribution in [-0.4, -0.2) is 11.3 Å². The zero-order valence-corrected chi connectivity index (χ0v) is 10.5. The zero-order valence-electron chi connectivity index (χ0n) is 8.36. The molecule has 0 spiro atoms. The van der Waals surface area contributed by atoms with Gasteiger partial charge in [-0.15, -0.1) is 13.2 Å². The topological polar surface area (TPSA) is 48.1 Å². The molecule has 102 valence electrons. The lowest BCUT2D eigenvalue weighted by atomic mass is 10.2.